The van der Waals surface area contributed by atoms with Crippen molar-refractivity contribution in [3.05, 3.63) is 29.6 Å². The van der Waals surface area contributed by atoms with E-state index in [1.165, 1.54) is 16.4 Å². The topological polar surface area (TPSA) is 40.6 Å². The second-order valence-electron chi connectivity index (χ2n) is 4.62. The predicted molar refractivity (Wildman–Crippen MR) is 67.4 cm³/mol. The van der Waals surface area contributed by atoms with Crippen molar-refractivity contribution in [2.24, 2.45) is 0 Å². The highest BCUT2D eigenvalue weighted by atomic mass is 32.2. The van der Waals surface area contributed by atoms with E-state index in [1.807, 2.05) is 7.05 Å². The Balaban J connectivity index is 2.27. The fraction of sp³-hybridized carbons (Fsp3) is 0.500. The van der Waals surface area contributed by atoms with Crippen molar-refractivity contribution in [1.82, 2.24) is 9.21 Å². The van der Waals surface area contributed by atoms with E-state index in [4.69, 9.17) is 0 Å². The number of hydrogen-bond donors (Lipinski definition) is 0. The number of aryl methyl sites for hydroxylation is 1. The zero-order valence-electron chi connectivity index (χ0n) is 10.6. The van der Waals surface area contributed by atoms with Crippen LogP contribution in [0.3, 0.4) is 0 Å². The van der Waals surface area contributed by atoms with Gasteiger partial charge in [0, 0.05) is 26.2 Å². The molecule has 6 heteroatoms. The fourth-order valence-electron chi connectivity index (χ4n) is 1.91. The molecule has 0 unspecified atom stereocenters. The molecule has 1 aromatic rings. The second kappa shape index (κ2) is 4.95. The quantitative estimate of drug-likeness (QED) is 0.808. The molecule has 1 saturated heterocycles. The van der Waals surface area contributed by atoms with Crippen molar-refractivity contribution in [2.75, 3.05) is 33.2 Å². The van der Waals surface area contributed by atoms with Gasteiger partial charge in [0.05, 0.1) is 4.90 Å². The maximum absolute atomic E-state index is 13.4. The van der Waals surface area contributed by atoms with Crippen LogP contribution < -0.4 is 0 Å². The summed E-state index contributed by atoms with van der Waals surface area (Å²) in [5.74, 6) is -0.481. The van der Waals surface area contributed by atoms with Gasteiger partial charge in [-0.15, -0.1) is 0 Å². The van der Waals surface area contributed by atoms with Crippen LogP contribution in [0.15, 0.2) is 23.1 Å². The van der Waals surface area contributed by atoms with Gasteiger partial charge in [0.15, 0.2) is 0 Å². The average Bonchev–Trinajstić information content (AvgIpc) is 2.33. The van der Waals surface area contributed by atoms with Crippen molar-refractivity contribution in [1.29, 1.82) is 0 Å². The summed E-state index contributed by atoms with van der Waals surface area (Å²) in [4.78, 5) is 2.11. The zero-order chi connectivity index (χ0) is 13.3. The SMILES string of the molecule is Cc1ccc(S(=O)(=O)N2CCN(C)CC2)cc1F. The highest BCUT2D eigenvalue weighted by molar-refractivity contribution is 7.89. The molecule has 0 atom stereocenters. The summed E-state index contributed by atoms with van der Waals surface area (Å²) in [7, 11) is -1.60. The van der Waals surface area contributed by atoms with Crippen LogP contribution in [0.5, 0.6) is 0 Å². The number of nitrogens with zero attached hydrogens (tertiary/aromatic N) is 2. The van der Waals surface area contributed by atoms with Crippen molar-refractivity contribution < 1.29 is 12.8 Å². The van der Waals surface area contributed by atoms with Crippen molar-refractivity contribution in [3.63, 3.8) is 0 Å². The summed E-state index contributed by atoms with van der Waals surface area (Å²) in [6, 6.07) is 4.06. The lowest BCUT2D eigenvalue weighted by Crippen LogP contribution is -2.47. The summed E-state index contributed by atoms with van der Waals surface area (Å²) in [5, 5.41) is 0. The second-order valence-corrected chi connectivity index (χ2v) is 6.56. The molecule has 1 aliphatic heterocycles. The molecule has 100 valence electrons. The molecule has 0 saturated carbocycles. The molecule has 2 rings (SSSR count). The average molecular weight is 272 g/mol. The Bertz CT molecular complexity index is 537. The molecule has 4 nitrogen and oxygen atoms in total. The van der Waals surface area contributed by atoms with Crippen LogP contribution in [0.1, 0.15) is 5.56 Å². The third-order valence-electron chi connectivity index (χ3n) is 3.24. The van der Waals surface area contributed by atoms with Gasteiger partial charge in [-0.25, -0.2) is 12.8 Å². The van der Waals surface area contributed by atoms with E-state index in [1.54, 1.807) is 6.92 Å². The van der Waals surface area contributed by atoms with E-state index in [9.17, 15) is 12.8 Å². The lowest BCUT2D eigenvalue weighted by atomic mass is 10.2. The van der Waals surface area contributed by atoms with Crippen LogP contribution in [-0.2, 0) is 10.0 Å². The van der Waals surface area contributed by atoms with Crippen molar-refractivity contribution in [2.45, 2.75) is 11.8 Å². The van der Waals surface area contributed by atoms with E-state index >= 15 is 0 Å². The minimum Gasteiger partial charge on any atom is -0.304 e. The summed E-state index contributed by atoms with van der Waals surface area (Å²) >= 11 is 0. The van der Waals surface area contributed by atoms with E-state index in [2.05, 4.69) is 4.90 Å². The third kappa shape index (κ3) is 2.55. The van der Waals surface area contributed by atoms with Crippen LogP contribution >= 0.6 is 0 Å². The molecule has 0 aliphatic carbocycles. The molecule has 0 radical (unpaired) electrons. The molecule has 0 aromatic heterocycles. The van der Waals surface area contributed by atoms with Crippen LogP contribution in [0.25, 0.3) is 0 Å². The molecule has 1 aromatic carbocycles. The number of sulfonamides is 1. The zero-order valence-corrected chi connectivity index (χ0v) is 11.4. The van der Waals surface area contributed by atoms with Crippen LogP contribution in [-0.4, -0.2) is 50.8 Å². The van der Waals surface area contributed by atoms with Crippen LogP contribution in [0.2, 0.25) is 0 Å². The Morgan fingerprint density at radius 2 is 1.78 bits per heavy atom. The number of halogens is 1. The standard InChI is InChI=1S/C12H17FN2O2S/c1-10-3-4-11(9-12(10)13)18(16,17)15-7-5-14(2)6-8-15/h3-4,9H,5-8H2,1-2H3. The minimum atomic E-state index is -3.56. The van der Waals surface area contributed by atoms with Crippen molar-refractivity contribution in [3.8, 4) is 0 Å². The van der Waals surface area contributed by atoms with Crippen LogP contribution in [0, 0.1) is 12.7 Å². The number of likely N-dealkylation sites (N-methyl/N-ethyl adjacent to an activating group) is 1. The first-order chi connectivity index (χ1) is 8.41. The first-order valence-electron chi connectivity index (χ1n) is 5.86. The molecule has 0 amide bonds. The Kier molecular flexibility index (Phi) is 3.70. The van der Waals surface area contributed by atoms with Crippen LogP contribution in [0.4, 0.5) is 4.39 Å². The maximum Gasteiger partial charge on any atom is 0.243 e. The number of benzene rings is 1. The monoisotopic (exact) mass is 272 g/mol. The molecule has 0 spiro atoms. The number of piperazine rings is 1. The number of hydrogen-bond acceptors (Lipinski definition) is 3. The van der Waals surface area contributed by atoms with Gasteiger partial charge >= 0.3 is 0 Å². The van der Waals surface area contributed by atoms with Gasteiger partial charge in [-0.2, -0.15) is 4.31 Å². The first-order valence-corrected chi connectivity index (χ1v) is 7.30. The summed E-state index contributed by atoms with van der Waals surface area (Å²) < 4.78 is 39.5. The Hall–Kier alpha value is -0.980. The van der Waals surface area contributed by atoms with Crippen molar-refractivity contribution >= 4 is 10.0 Å². The van der Waals surface area contributed by atoms with Gasteiger partial charge in [0.25, 0.3) is 0 Å². The largest absolute Gasteiger partial charge is 0.304 e. The van der Waals surface area contributed by atoms with E-state index in [0.717, 1.165) is 6.07 Å². The number of rotatable bonds is 2. The lowest BCUT2D eigenvalue weighted by Gasteiger charge is -2.31. The van der Waals surface area contributed by atoms with Gasteiger partial charge < -0.3 is 4.90 Å². The molecule has 1 heterocycles. The normalized spacial score (nSPS) is 19.1. The van der Waals surface area contributed by atoms with Gasteiger partial charge in [0.2, 0.25) is 10.0 Å². The molecule has 0 N–H and O–H groups in total. The predicted octanol–water partition coefficient (Wildman–Crippen LogP) is 1.07. The molecule has 18 heavy (non-hydrogen) atoms. The highest BCUT2D eigenvalue weighted by Crippen LogP contribution is 2.19. The van der Waals surface area contributed by atoms with E-state index in [0.29, 0.717) is 31.7 Å². The molecular formula is C12H17FN2O2S. The fourth-order valence-corrected chi connectivity index (χ4v) is 3.35. The smallest absolute Gasteiger partial charge is 0.243 e. The summed E-state index contributed by atoms with van der Waals surface area (Å²) in [6.45, 7) is 3.92. The summed E-state index contributed by atoms with van der Waals surface area (Å²) in [5.41, 5.74) is 0.451. The maximum atomic E-state index is 13.4. The minimum absolute atomic E-state index is 0.0372. The third-order valence-corrected chi connectivity index (χ3v) is 5.14. The van der Waals surface area contributed by atoms with E-state index < -0.39 is 15.8 Å². The molecule has 1 aliphatic rings. The highest BCUT2D eigenvalue weighted by Gasteiger charge is 2.27. The lowest BCUT2D eigenvalue weighted by molar-refractivity contribution is 0.222. The molecular weight excluding hydrogens is 255 g/mol. The Morgan fingerprint density at radius 1 is 1.17 bits per heavy atom. The Morgan fingerprint density at radius 3 is 2.33 bits per heavy atom. The van der Waals surface area contributed by atoms with Gasteiger partial charge in [-0.05, 0) is 31.7 Å². The van der Waals surface area contributed by atoms with Gasteiger partial charge in [-0.3, -0.25) is 0 Å². The van der Waals surface area contributed by atoms with Gasteiger partial charge in [0.1, 0.15) is 5.82 Å². The summed E-state index contributed by atoms with van der Waals surface area (Å²) in [6.07, 6.45) is 0. The van der Waals surface area contributed by atoms with E-state index in [-0.39, 0.29) is 4.90 Å². The molecule has 1 fully saturated rings. The first kappa shape index (κ1) is 13.5. The Labute approximate surface area is 107 Å². The molecule has 0 bridgehead atoms. The van der Waals surface area contributed by atoms with Gasteiger partial charge in [-0.1, -0.05) is 6.07 Å².